The molecule has 0 radical (unpaired) electrons. The Morgan fingerprint density at radius 1 is 1.50 bits per heavy atom. The summed E-state index contributed by atoms with van der Waals surface area (Å²) >= 11 is 0. The van der Waals surface area contributed by atoms with E-state index in [0.717, 1.165) is 12.8 Å². The largest absolute Gasteiger partial charge is 0.481 e. The van der Waals surface area contributed by atoms with Crippen LogP contribution in [0.2, 0.25) is 0 Å². The van der Waals surface area contributed by atoms with Gasteiger partial charge in [-0.2, -0.15) is 0 Å². The third-order valence-electron chi connectivity index (χ3n) is 4.71. The topological polar surface area (TPSA) is 71.9 Å². The van der Waals surface area contributed by atoms with Crippen LogP contribution in [-0.4, -0.2) is 59.4 Å². The Morgan fingerprint density at radius 2 is 2.27 bits per heavy atom. The molecule has 0 bridgehead atoms. The molecule has 2 aliphatic heterocycles. The van der Waals surface area contributed by atoms with E-state index in [1.807, 2.05) is 4.90 Å². The first-order valence-corrected chi connectivity index (χ1v) is 7.76. The standard InChI is InChI=1S/C16H22N2O4/c1-21-14-11-12(4-7-17-14)15(20)18-8-5-16(6-9-18)13(19)3-2-10-22-16/h4,7,11,13,19H,2-3,5-6,8-10H2,1H3/t13-/m0/s1. The first kappa shape index (κ1) is 15.2. The molecule has 2 aliphatic rings. The Balaban J connectivity index is 1.66. The van der Waals surface area contributed by atoms with Gasteiger partial charge < -0.3 is 19.5 Å². The van der Waals surface area contributed by atoms with Gasteiger partial charge in [0.15, 0.2) is 0 Å². The number of ether oxygens (including phenoxy) is 2. The number of methoxy groups -OCH3 is 1. The Kier molecular flexibility index (Phi) is 4.31. The van der Waals surface area contributed by atoms with Crippen LogP contribution in [0, 0.1) is 0 Å². The molecule has 3 rings (SSSR count). The zero-order chi connectivity index (χ0) is 15.6. The second-order valence-corrected chi connectivity index (χ2v) is 5.95. The van der Waals surface area contributed by atoms with Crippen LogP contribution in [0.25, 0.3) is 0 Å². The lowest BCUT2D eigenvalue weighted by molar-refractivity contribution is -0.174. The van der Waals surface area contributed by atoms with Crippen LogP contribution in [0.3, 0.4) is 0 Å². The number of aromatic nitrogens is 1. The molecule has 1 atom stereocenters. The van der Waals surface area contributed by atoms with Gasteiger partial charge in [0.25, 0.3) is 5.91 Å². The van der Waals surface area contributed by atoms with E-state index < -0.39 is 11.7 Å². The summed E-state index contributed by atoms with van der Waals surface area (Å²) in [7, 11) is 1.53. The number of carbonyl (C=O) groups excluding carboxylic acids is 1. The second kappa shape index (κ2) is 6.22. The van der Waals surface area contributed by atoms with Gasteiger partial charge in [0.2, 0.25) is 5.88 Å². The highest BCUT2D eigenvalue weighted by Gasteiger charge is 2.44. The van der Waals surface area contributed by atoms with Gasteiger partial charge >= 0.3 is 0 Å². The minimum Gasteiger partial charge on any atom is -0.481 e. The molecule has 0 unspecified atom stereocenters. The number of piperidine rings is 1. The van der Waals surface area contributed by atoms with E-state index in [4.69, 9.17) is 9.47 Å². The highest BCUT2D eigenvalue weighted by atomic mass is 16.5. The molecule has 6 heteroatoms. The molecule has 1 amide bonds. The summed E-state index contributed by atoms with van der Waals surface area (Å²) in [6.45, 7) is 1.90. The SMILES string of the molecule is COc1cc(C(=O)N2CCC3(CC2)OCCC[C@@H]3O)ccn1. The van der Waals surface area contributed by atoms with Gasteiger partial charge in [0, 0.05) is 37.5 Å². The fourth-order valence-corrected chi connectivity index (χ4v) is 3.31. The van der Waals surface area contributed by atoms with Crippen molar-refractivity contribution < 1.29 is 19.4 Å². The van der Waals surface area contributed by atoms with E-state index >= 15 is 0 Å². The quantitative estimate of drug-likeness (QED) is 0.890. The second-order valence-electron chi connectivity index (χ2n) is 5.95. The smallest absolute Gasteiger partial charge is 0.254 e. The fraction of sp³-hybridized carbons (Fsp3) is 0.625. The molecule has 0 aromatic carbocycles. The number of hydrogen-bond acceptors (Lipinski definition) is 5. The molecule has 22 heavy (non-hydrogen) atoms. The van der Waals surface area contributed by atoms with Crippen molar-refractivity contribution in [2.24, 2.45) is 0 Å². The van der Waals surface area contributed by atoms with Crippen molar-refractivity contribution >= 4 is 5.91 Å². The van der Waals surface area contributed by atoms with Crippen LogP contribution >= 0.6 is 0 Å². The average molecular weight is 306 g/mol. The molecule has 120 valence electrons. The number of pyridine rings is 1. The molecule has 1 N–H and O–H groups in total. The molecule has 1 aromatic heterocycles. The number of aliphatic hydroxyl groups is 1. The first-order valence-electron chi connectivity index (χ1n) is 7.76. The van der Waals surface area contributed by atoms with Gasteiger partial charge in [-0.3, -0.25) is 4.79 Å². The highest BCUT2D eigenvalue weighted by Crippen LogP contribution is 2.35. The molecule has 2 saturated heterocycles. The maximum absolute atomic E-state index is 12.6. The Labute approximate surface area is 130 Å². The summed E-state index contributed by atoms with van der Waals surface area (Å²) in [5, 5.41) is 10.2. The molecule has 1 aromatic rings. The molecule has 6 nitrogen and oxygen atoms in total. The van der Waals surface area contributed by atoms with Crippen molar-refractivity contribution in [2.45, 2.75) is 37.4 Å². The number of hydrogen-bond donors (Lipinski definition) is 1. The predicted molar refractivity (Wildman–Crippen MR) is 79.9 cm³/mol. The van der Waals surface area contributed by atoms with E-state index in [9.17, 15) is 9.90 Å². The maximum atomic E-state index is 12.6. The van der Waals surface area contributed by atoms with Crippen LogP contribution in [-0.2, 0) is 4.74 Å². The lowest BCUT2D eigenvalue weighted by Gasteiger charge is -2.46. The van der Waals surface area contributed by atoms with E-state index in [-0.39, 0.29) is 5.91 Å². The molecule has 2 fully saturated rings. The summed E-state index contributed by atoms with van der Waals surface area (Å²) in [5.41, 5.74) is 0.123. The number of nitrogens with zero attached hydrogens (tertiary/aromatic N) is 2. The van der Waals surface area contributed by atoms with E-state index in [2.05, 4.69) is 4.98 Å². The molecule has 0 saturated carbocycles. The van der Waals surface area contributed by atoms with Crippen LogP contribution in [0.1, 0.15) is 36.0 Å². The van der Waals surface area contributed by atoms with Crippen molar-refractivity contribution in [1.29, 1.82) is 0 Å². The molecule has 3 heterocycles. The number of aliphatic hydroxyl groups excluding tert-OH is 1. The molecule has 0 aliphatic carbocycles. The van der Waals surface area contributed by atoms with E-state index in [1.54, 1.807) is 18.3 Å². The van der Waals surface area contributed by atoms with Crippen molar-refractivity contribution in [1.82, 2.24) is 9.88 Å². The van der Waals surface area contributed by atoms with E-state index in [0.29, 0.717) is 44.0 Å². The number of carbonyl (C=O) groups is 1. The molecular formula is C16H22N2O4. The summed E-state index contributed by atoms with van der Waals surface area (Å²) < 4.78 is 10.9. The van der Waals surface area contributed by atoms with Gasteiger partial charge in [0.1, 0.15) is 0 Å². The van der Waals surface area contributed by atoms with E-state index in [1.165, 1.54) is 7.11 Å². The third-order valence-corrected chi connectivity index (χ3v) is 4.71. The van der Waals surface area contributed by atoms with Gasteiger partial charge in [-0.25, -0.2) is 4.98 Å². The summed E-state index contributed by atoms with van der Waals surface area (Å²) in [4.78, 5) is 18.4. The fourth-order valence-electron chi connectivity index (χ4n) is 3.31. The first-order chi connectivity index (χ1) is 10.6. The zero-order valence-electron chi connectivity index (χ0n) is 12.8. The highest BCUT2D eigenvalue weighted by molar-refractivity contribution is 5.94. The molecule has 1 spiro atoms. The summed E-state index contributed by atoms with van der Waals surface area (Å²) in [6.07, 6.45) is 4.22. The maximum Gasteiger partial charge on any atom is 0.254 e. The Bertz CT molecular complexity index is 541. The van der Waals surface area contributed by atoms with Crippen molar-refractivity contribution in [2.75, 3.05) is 26.8 Å². The van der Waals surface area contributed by atoms with Crippen molar-refractivity contribution in [3.05, 3.63) is 23.9 Å². The summed E-state index contributed by atoms with van der Waals surface area (Å²) in [6, 6.07) is 3.35. The normalized spacial score (nSPS) is 24.3. The lowest BCUT2D eigenvalue weighted by Crippen LogP contribution is -2.56. The average Bonchev–Trinajstić information content (AvgIpc) is 2.58. The number of amides is 1. The van der Waals surface area contributed by atoms with Gasteiger partial charge in [-0.1, -0.05) is 0 Å². The van der Waals surface area contributed by atoms with Crippen LogP contribution in [0.15, 0.2) is 18.3 Å². The van der Waals surface area contributed by atoms with Gasteiger partial charge in [-0.15, -0.1) is 0 Å². The van der Waals surface area contributed by atoms with Crippen molar-refractivity contribution in [3.8, 4) is 5.88 Å². The summed E-state index contributed by atoms with van der Waals surface area (Å²) in [5.74, 6) is 0.409. The number of rotatable bonds is 2. The van der Waals surface area contributed by atoms with Crippen LogP contribution in [0.5, 0.6) is 5.88 Å². The zero-order valence-corrected chi connectivity index (χ0v) is 12.8. The minimum absolute atomic E-state index is 0.0270. The van der Waals surface area contributed by atoms with Gasteiger partial charge in [-0.05, 0) is 31.7 Å². The van der Waals surface area contributed by atoms with Gasteiger partial charge in [0.05, 0.1) is 18.8 Å². The molecular weight excluding hydrogens is 284 g/mol. The Morgan fingerprint density at radius 3 is 2.95 bits per heavy atom. The minimum atomic E-state index is -0.453. The van der Waals surface area contributed by atoms with Crippen LogP contribution in [0.4, 0.5) is 0 Å². The number of likely N-dealkylation sites (tertiary alicyclic amines) is 1. The predicted octanol–water partition coefficient (Wildman–Crippen LogP) is 1.24. The van der Waals surface area contributed by atoms with Crippen LogP contribution < -0.4 is 4.74 Å². The monoisotopic (exact) mass is 306 g/mol. The van der Waals surface area contributed by atoms with Crippen molar-refractivity contribution in [3.63, 3.8) is 0 Å². The third kappa shape index (κ3) is 2.80. The lowest BCUT2D eigenvalue weighted by atomic mass is 9.82. The Hall–Kier alpha value is -1.66.